The molecule has 0 aliphatic rings. The highest BCUT2D eigenvalue weighted by atomic mass is 19.1. The summed E-state index contributed by atoms with van der Waals surface area (Å²) in [7, 11) is 2.74. The number of benzene rings is 3. The Morgan fingerprint density at radius 3 is 2.43 bits per heavy atom. The van der Waals surface area contributed by atoms with Crippen LogP contribution in [0.3, 0.4) is 0 Å². The van der Waals surface area contributed by atoms with E-state index in [4.69, 9.17) is 9.47 Å². The Bertz CT molecular complexity index is 1370. The third-order valence-corrected chi connectivity index (χ3v) is 5.31. The van der Waals surface area contributed by atoms with Crippen LogP contribution in [0.5, 0.6) is 11.5 Å². The van der Waals surface area contributed by atoms with Crippen LogP contribution in [0, 0.1) is 17.1 Å². The van der Waals surface area contributed by atoms with E-state index in [9.17, 15) is 19.2 Å². The number of anilines is 1. The smallest absolute Gasteiger partial charge is 0.337 e. The molecule has 3 aromatic carbocycles. The van der Waals surface area contributed by atoms with E-state index < -0.39 is 11.9 Å². The average Bonchev–Trinajstić information content (AvgIpc) is 2.91. The van der Waals surface area contributed by atoms with E-state index >= 15 is 0 Å². The lowest BCUT2D eigenvalue weighted by atomic mass is 10.0. The standard InChI is InChI=1S/C29H25FN2O5/c1-4-7-21-14-19(16-26(35-2)27(21)37-18-22-8-5-6-9-25(22)30)15-23(17-31)28(33)32-24-12-10-20(11-13-24)29(34)36-3/h4-6,8-16H,1,7,18H2,2-3H3,(H,32,33)/b23-15+. The Morgan fingerprint density at radius 1 is 1.08 bits per heavy atom. The van der Waals surface area contributed by atoms with Crippen molar-refractivity contribution >= 4 is 23.6 Å². The number of allylic oxidation sites excluding steroid dienone is 1. The molecule has 0 aliphatic heterocycles. The fourth-order valence-electron chi connectivity index (χ4n) is 3.48. The number of carbonyl (C=O) groups excluding carboxylic acids is 2. The van der Waals surface area contributed by atoms with Gasteiger partial charge in [-0.2, -0.15) is 5.26 Å². The normalized spacial score (nSPS) is 10.7. The van der Waals surface area contributed by atoms with Crippen LogP contribution in [-0.4, -0.2) is 26.1 Å². The van der Waals surface area contributed by atoms with Crippen molar-refractivity contribution in [2.75, 3.05) is 19.5 Å². The van der Waals surface area contributed by atoms with Crippen molar-refractivity contribution in [3.05, 3.63) is 107 Å². The number of rotatable bonds is 10. The van der Waals surface area contributed by atoms with E-state index in [0.717, 1.165) is 0 Å². The van der Waals surface area contributed by atoms with Gasteiger partial charge in [0.1, 0.15) is 24.1 Å². The first kappa shape index (κ1) is 26.7. The highest BCUT2D eigenvalue weighted by molar-refractivity contribution is 6.09. The maximum atomic E-state index is 14.0. The van der Waals surface area contributed by atoms with Crippen LogP contribution in [0.4, 0.5) is 10.1 Å². The van der Waals surface area contributed by atoms with Crippen LogP contribution in [0.25, 0.3) is 6.08 Å². The number of nitrogens with zero attached hydrogens (tertiary/aromatic N) is 1. The van der Waals surface area contributed by atoms with E-state index in [1.54, 1.807) is 36.4 Å². The van der Waals surface area contributed by atoms with Crippen molar-refractivity contribution in [1.29, 1.82) is 5.26 Å². The minimum Gasteiger partial charge on any atom is -0.493 e. The molecule has 0 aromatic heterocycles. The lowest BCUT2D eigenvalue weighted by Gasteiger charge is -2.16. The number of methoxy groups -OCH3 is 2. The molecule has 1 amide bonds. The maximum absolute atomic E-state index is 14.0. The minimum atomic E-state index is -0.627. The van der Waals surface area contributed by atoms with Gasteiger partial charge < -0.3 is 19.5 Å². The van der Waals surface area contributed by atoms with Crippen LogP contribution in [0.2, 0.25) is 0 Å². The molecule has 0 fully saturated rings. The van der Waals surface area contributed by atoms with Crippen molar-refractivity contribution in [3.63, 3.8) is 0 Å². The van der Waals surface area contributed by atoms with Gasteiger partial charge in [0.2, 0.25) is 0 Å². The molecule has 3 aromatic rings. The van der Waals surface area contributed by atoms with Crippen LogP contribution < -0.4 is 14.8 Å². The summed E-state index contributed by atoms with van der Waals surface area (Å²) in [6.45, 7) is 3.76. The van der Waals surface area contributed by atoms with Crippen molar-refractivity contribution in [1.82, 2.24) is 0 Å². The Labute approximate surface area is 214 Å². The van der Waals surface area contributed by atoms with Crippen molar-refractivity contribution in [2.45, 2.75) is 13.0 Å². The number of amides is 1. The number of carbonyl (C=O) groups is 2. The third-order valence-electron chi connectivity index (χ3n) is 5.31. The number of nitriles is 1. The lowest BCUT2D eigenvalue weighted by Crippen LogP contribution is -2.13. The number of nitrogens with one attached hydrogen (secondary N) is 1. The number of hydrogen-bond donors (Lipinski definition) is 1. The maximum Gasteiger partial charge on any atom is 0.337 e. The van der Waals surface area contributed by atoms with E-state index in [0.29, 0.717) is 45.9 Å². The summed E-state index contributed by atoms with van der Waals surface area (Å²) in [5, 5.41) is 12.3. The molecule has 0 unspecified atom stereocenters. The molecule has 0 radical (unpaired) electrons. The molecule has 0 spiro atoms. The minimum absolute atomic E-state index is 0.0109. The molecule has 0 saturated carbocycles. The van der Waals surface area contributed by atoms with Gasteiger partial charge in [-0.1, -0.05) is 24.3 Å². The van der Waals surface area contributed by atoms with Gasteiger partial charge in [-0.3, -0.25) is 4.79 Å². The highest BCUT2D eigenvalue weighted by Crippen LogP contribution is 2.35. The lowest BCUT2D eigenvalue weighted by molar-refractivity contribution is -0.112. The molecule has 1 N–H and O–H groups in total. The summed E-state index contributed by atoms with van der Waals surface area (Å²) < 4.78 is 30.1. The summed E-state index contributed by atoms with van der Waals surface area (Å²) >= 11 is 0. The first-order valence-corrected chi connectivity index (χ1v) is 11.2. The monoisotopic (exact) mass is 500 g/mol. The average molecular weight is 501 g/mol. The molecule has 8 heteroatoms. The second kappa shape index (κ2) is 12.7. The fourth-order valence-corrected chi connectivity index (χ4v) is 3.48. The summed E-state index contributed by atoms with van der Waals surface area (Å²) in [6.07, 6.45) is 3.51. The number of halogens is 1. The Kier molecular flexibility index (Phi) is 9.17. The molecule has 37 heavy (non-hydrogen) atoms. The van der Waals surface area contributed by atoms with Crippen LogP contribution in [-0.2, 0) is 22.6 Å². The molecule has 0 heterocycles. The topological polar surface area (TPSA) is 97.7 Å². The van der Waals surface area contributed by atoms with Crippen LogP contribution >= 0.6 is 0 Å². The van der Waals surface area contributed by atoms with E-state index in [1.165, 1.54) is 50.6 Å². The van der Waals surface area contributed by atoms with Gasteiger partial charge in [0.25, 0.3) is 5.91 Å². The number of esters is 1. The summed E-state index contributed by atoms with van der Waals surface area (Å²) in [5.41, 5.74) is 2.19. The highest BCUT2D eigenvalue weighted by Gasteiger charge is 2.16. The van der Waals surface area contributed by atoms with E-state index in [2.05, 4.69) is 16.6 Å². The molecule has 7 nitrogen and oxygen atoms in total. The second-order valence-corrected chi connectivity index (χ2v) is 7.78. The molecule has 3 rings (SSSR count). The molecule has 0 aliphatic carbocycles. The zero-order valence-corrected chi connectivity index (χ0v) is 20.4. The summed E-state index contributed by atoms with van der Waals surface area (Å²) in [6, 6.07) is 17.7. The van der Waals surface area contributed by atoms with Gasteiger partial charge in [0, 0.05) is 16.8 Å². The van der Waals surface area contributed by atoms with Gasteiger partial charge >= 0.3 is 5.97 Å². The van der Waals surface area contributed by atoms with Crippen molar-refractivity contribution < 1.29 is 28.2 Å². The van der Waals surface area contributed by atoms with Gasteiger partial charge in [-0.25, -0.2) is 9.18 Å². The molecule has 188 valence electrons. The summed E-state index contributed by atoms with van der Waals surface area (Å²) in [5.74, 6) is -0.732. The number of ether oxygens (including phenoxy) is 3. The molecular weight excluding hydrogens is 475 g/mol. The first-order chi connectivity index (χ1) is 17.9. The molecule has 0 atom stereocenters. The first-order valence-electron chi connectivity index (χ1n) is 11.2. The van der Waals surface area contributed by atoms with Gasteiger partial charge in [-0.05, 0) is 60.5 Å². The predicted molar refractivity (Wildman–Crippen MR) is 138 cm³/mol. The van der Waals surface area contributed by atoms with Gasteiger partial charge in [-0.15, -0.1) is 6.58 Å². The van der Waals surface area contributed by atoms with E-state index in [-0.39, 0.29) is 18.0 Å². The SMILES string of the molecule is C=CCc1cc(/C=C(\C#N)C(=O)Nc2ccc(C(=O)OC)cc2)cc(OC)c1OCc1ccccc1F. The zero-order chi connectivity index (χ0) is 26.8. The van der Waals surface area contributed by atoms with Crippen molar-refractivity contribution in [3.8, 4) is 17.6 Å². The zero-order valence-electron chi connectivity index (χ0n) is 20.4. The fraction of sp³-hybridized carbons (Fsp3) is 0.138. The Hall–Kier alpha value is -4.90. The Morgan fingerprint density at radius 2 is 1.81 bits per heavy atom. The third kappa shape index (κ3) is 6.83. The van der Waals surface area contributed by atoms with Gasteiger partial charge in [0.15, 0.2) is 11.5 Å². The predicted octanol–water partition coefficient (Wildman–Crippen LogP) is 5.47. The molecule has 0 saturated heterocycles. The van der Waals surface area contributed by atoms with Crippen molar-refractivity contribution in [2.24, 2.45) is 0 Å². The van der Waals surface area contributed by atoms with E-state index in [1.807, 2.05) is 6.07 Å². The van der Waals surface area contributed by atoms with Gasteiger partial charge in [0.05, 0.1) is 19.8 Å². The second-order valence-electron chi connectivity index (χ2n) is 7.78. The summed E-state index contributed by atoms with van der Waals surface area (Å²) in [4.78, 5) is 24.3. The Balaban J connectivity index is 1.86. The molecule has 0 bridgehead atoms. The van der Waals surface area contributed by atoms with Crippen LogP contribution in [0.1, 0.15) is 27.0 Å². The molecular formula is C29H25FN2O5. The quantitative estimate of drug-likeness (QED) is 0.172. The number of hydrogen-bond acceptors (Lipinski definition) is 6. The van der Waals surface area contributed by atoms with Crippen LogP contribution in [0.15, 0.2) is 78.9 Å². The largest absolute Gasteiger partial charge is 0.493 e.